The molecule has 0 heterocycles. The topological polar surface area (TPSA) is 17.1 Å². The van der Waals surface area contributed by atoms with Crippen molar-refractivity contribution in [1.29, 1.82) is 0 Å². The van der Waals surface area contributed by atoms with Crippen LogP contribution < -0.4 is 15.9 Å². The zero-order valence-electron chi connectivity index (χ0n) is 16.6. The summed E-state index contributed by atoms with van der Waals surface area (Å²) in [5, 5.41) is 3.93. The van der Waals surface area contributed by atoms with Gasteiger partial charge in [0.25, 0.3) is 0 Å². The smallest absolute Gasteiger partial charge is 0.166 e. The fraction of sp³-hybridized carbons (Fsp3) is 0.0741. The Hall–Kier alpha value is -2.54. The van der Waals surface area contributed by atoms with Crippen LogP contribution >= 0.6 is 23.2 Å². The highest BCUT2D eigenvalue weighted by molar-refractivity contribution is 9.10. The van der Waals surface area contributed by atoms with Crippen LogP contribution in [-0.2, 0) is 0 Å². The molecule has 0 bridgehead atoms. The van der Waals surface area contributed by atoms with Gasteiger partial charge in [-0.25, -0.2) is 0 Å². The van der Waals surface area contributed by atoms with E-state index in [-0.39, 0.29) is 5.78 Å². The summed E-state index contributed by atoms with van der Waals surface area (Å²) in [6.45, 7) is 0. The zero-order chi connectivity index (χ0) is 20.8. The van der Waals surface area contributed by atoms with Gasteiger partial charge in [0.05, 0.1) is 6.16 Å². The van der Waals surface area contributed by atoms with Gasteiger partial charge in [-0.05, 0) is 48.5 Å². The van der Waals surface area contributed by atoms with Crippen molar-refractivity contribution in [2.45, 2.75) is 6.42 Å². The molecule has 0 unspecified atom stereocenters. The Bertz CT molecular complexity index is 997. The van der Waals surface area contributed by atoms with Crippen LogP contribution in [0.25, 0.3) is 0 Å². The van der Waals surface area contributed by atoms with Crippen molar-refractivity contribution in [2.24, 2.45) is 0 Å². The lowest BCUT2D eigenvalue weighted by Crippen LogP contribution is -2.34. The van der Waals surface area contributed by atoms with E-state index in [0.29, 0.717) is 6.42 Å². The molecule has 0 atom stereocenters. The second-order valence-corrected chi connectivity index (χ2v) is 11.8. The normalized spacial score (nSPS) is 11.2. The number of Topliss-reactive ketones (excluding diaryl/α,β-unsaturated/α-hetero) is 1. The van der Waals surface area contributed by atoms with Gasteiger partial charge < -0.3 is 0 Å². The van der Waals surface area contributed by atoms with E-state index >= 15 is 0 Å². The van der Waals surface area contributed by atoms with Crippen LogP contribution in [0, 0.1) is 0 Å². The van der Waals surface area contributed by atoms with Gasteiger partial charge in [0.2, 0.25) is 0 Å². The van der Waals surface area contributed by atoms with Crippen molar-refractivity contribution in [2.75, 3.05) is 6.16 Å². The van der Waals surface area contributed by atoms with Crippen LogP contribution in [0.1, 0.15) is 16.8 Å². The molecule has 1 nitrogen and oxygen atoms in total. The lowest BCUT2D eigenvalue weighted by molar-refractivity contribution is 0.0989. The molecule has 0 saturated carbocycles. The molecule has 0 aliphatic carbocycles. The summed E-state index contributed by atoms with van der Waals surface area (Å²) in [5.74, 6) is 0.190. The van der Waals surface area contributed by atoms with Gasteiger partial charge in [0.15, 0.2) is 5.78 Å². The summed E-state index contributed by atoms with van der Waals surface area (Å²) < 4.78 is 0.985. The van der Waals surface area contributed by atoms with Crippen molar-refractivity contribution in [1.82, 2.24) is 0 Å². The highest BCUT2D eigenvalue weighted by atomic mass is 79.9. The molecule has 0 N–H and O–H groups in total. The summed E-state index contributed by atoms with van der Waals surface area (Å²) >= 11 is 3.45. The summed E-state index contributed by atoms with van der Waals surface area (Å²) in [4.78, 5) is 13.1. The van der Waals surface area contributed by atoms with E-state index < -0.39 is 7.26 Å². The lowest BCUT2D eigenvalue weighted by Gasteiger charge is -2.27. The molecule has 0 spiro atoms. The Balaban J connectivity index is 1.80. The maximum atomic E-state index is 13.1. The third-order valence-electron chi connectivity index (χ3n) is 5.43. The third kappa shape index (κ3) is 4.31. The minimum Gasteiger partial charge on any atom is -0.294 e. The number of benzene rings is 4. The largest absolute Gasteiger partial charge is 0.294 e. The highest BCUT2D eigenvalue weighted by Crippen LogP contribution is 2.55. The maximum Gasteiger partial charge on any atom is 0.166 e. The Kier molecular flexibility index (Phi) is 6.57. The quantitative estimate of drug-likeness (QED) is 0.237. The molecule has 0 aliphatic heterocycles. The van der Waals surface area contributed by atoms with Crippen LogP contribution in [0.5, 0.6) is 0 Å². The molecule has 148 valence electrons. The van der Waals surface area contributed by atoms with Gasteiger partial charge in [-0.2, -0.15) is 0 Å². The average molecular weight is 474 g/mol. The molecular weight excluding hydrogens is 451 g/mol. The standard InChI is InChI=1S/C27H23BrOP/c28-23-18-16-22(17-19-23)27(29)20-21-30(24-10-4-1-5-11-24,25-12-6-2-7-13-25)26-14-8-3-9-15-26/h1-19H,20-21H2/q+1. The molecule has 4 aromatic carbocycles. The van der Waals surface area contributed by atoms with Crippen LogP contribution in [0.2, 0.25) is 0 Å². The number of carbonyl (C=O) groups is 1. The van der Waals surface area contributed by atoms with Crippen molar-refractivity contribution in [3.8, 4) is 0 Å². The fourth-order valence-corrected chi connectivity index (χ4v) is 8.45. The minimum atomic E-state index is -1.97. The first kappa shape index (κ1) is 20.7. The average Bonchev–Trinajstić information content (AvgIpc) is 2.82. The molecule has 0 fully saturated rings. The number of ketones is 1. The Morgan fingerprint density at radius 2 is 1.00 bits per heavy atom. The van der Waals surface area contributed by atoms with E-state index in [1.165, 1.54) is 15.9 Å². The van der Waals surface area contributed by atoms with E-state index in [0.717, 1.165) is 16.2 Å². The molecule has 4 rings (SSSR count). The molecule has 0 aliphatic rings. The van der Waals surface area contributed by atoms with Crippen LogP contribution in [0.15, 0.2) is 120 Å². The fourth-order valence-electron chi connectivity index (χ4n) is 3.93. The van der Waals surface area contributed by atoms with Crippen molar-refractivity contribution in [3.63, 3.8) is 0 Å². The van der Waals surface area contributed by atoms with Crippen molar-refractivity contribution >= 4 is 44.9 Å². The SMILES string of the molecule is O=C(CC[P+](c1ccccc1)(c1ccccc1)c1ccccc1)c1ccc(Br)cc1. The first-order chi connectivity index (χ1) is 14.7. The van der Waals surface area contributed by atoms with Gasteiger partial charge in [-0.15, -0.1) is 0 Å². The summed E-state index contributed by atoms with van der Waals surface area (Å²) in [6, 6.07) is 39.8. The summed E-state index contributed by atoms with van der Waals surface area (Å²) in [7, 11) is -1.97. The zero-order valence-corrected chi connectivity index (χ0v) is 19.1. The second-order valence-electron chi connectivity index (χ2n) is 7.22. The van der Waals surface area contributed by atoms with E-state index in [1.54, 1.807) is 0 Å². The molecule has 30 heavy (non-hydrogen) atoms. The predicted molar refractivity (Wildman–Crippen MR) is 133 cm³/mol. The number of hydrogen-bond acceptors (Lipinski definition) is 1. The maximum absolute atomic E-state index is 13.1. The van der Waals surface area contributed by atoms with E-state index in [9.17, 15) is 4.79 Å². The first-order valence-corrected chi connectivity index (χ1v) is 12.8. The van der Waals surface area contributed by atoms with Crippen molar-refractivity contribution in [3.05, 3.63) is 125 Å². The Labute approximate surface area is 187 Å². The van der Waals surface area contributed by atoms with Gasteiger partial charge in [-0.3, -0.25) is 4.79 Å². The lowest BCUT2D eigenvalue weighted by atomic mass is 10.1. The molecule has 4 aromatic rings. The number of rotatable bonds is 7. The molecule has 0 amide bonds. The Morgan fingerprint density at radius 1 is 0.600 bits per heavy atom. The molecule has 0 aromatic heterocycles. The predicted octanol–water partition coefficient (Wildman–Crippen LogP) is 6.02. The van der Waals surface area contributed by atoms with Gasteiger partial charge in [0, 0.05) is 16.5 Å². The van der Waals surface area contributed by atoms with Gasteiger partial charge in [0.1, 0.15) is 23.2 Å². The third-order valence-corrected chi connectivity index (χ3v) is 10.4. The van der Waals surface area contributed by atoms with E-state index in [1.807, 2.05) is 24.3 Å². The molecular formula is C27H23BrOP+. The highest BCUT2D eigenvalue weighted by Gasteiger charge is 2.45. The number of hydrogen-bond donors (Lipinski definition) is 0. The molecule has 0 saturated heterocycles. The van der Waals surface area contributed by atoms with Crippen LogP contribution in [0.3, 0.4) is 0 Å². The van der Waals surface area contributed by atoms with Crippen LogP contribution in [-0.4, -0.2) is 11.9 Å². The summed E-state index contributed by atoms with van der Waals surface area (Å²) in [6.07, 6.45) is 1.31. The molecule has 3 heteroatoms. The van der Waals surface area contributed by atoms with E-state index in [2.05, 4.69) is 107 Å². The minimum absolute atomic E-state index is 0.190. The number of carbonyl (C=O) groups excluding carboxylic acids is 1. The van der Waals surface area contributed by atoms with Crippen molar-refractivity contribution < 1.29 is 4.79 Å². The summed E-state index contributed by atoms with van der Waals surface area (Å²) in [5.41, 5.74) is 0.769. The second kappa shape index (κ2) is 9.51. The molecule has 0 radical (unpaired) electrons. The monoisotopic (exact) mass is 473 g/mol. The van der Waals surface area contributed by atoms with Gasteiger partial charge in [-0.1, -0.05) is 82.7 Å². The van der Waals surface area contributed by atoms with Crippen LogP contribution in [0.4, 0.5) is 0 Å². The van der Waals surface area contributed by atoms with E-state index in [4.69, 9.17) is 0 Å². The number of halogens is 1. The van der Waals surface area contributed by atoms with Gasteiger partial charge >= 0.3 is 0 Å². The first-order valence-electron chi connectivity index (χ1n) is 10.0. The Morgan fingerprint density at radius 3 is 1.40 bits per heavy atom.